The second-order valence-corrected chi connectivity index (χ2v) is 7.24. The first-order valence-electron chi connectivity index (χ1n) is 9.64. The molecule has 3 aromatic rings. The minimum absolute atomic E-state index is 0.237. The van der Waals surface area contributed by atoms with Gasteiger partial charge in [-0.1, -0.05) is 53.6 Å². The molecule has 0 saturated carbocycles. The van der Waals surface area contributed by atoms with Crippen molar-refractivity contribution in [2.75, 3.05) is 6.61 Å². The number of nitrogens with one attached hydrogen (secondary N) is 1. The molecule has 0 saturated heterocycles. The van der Waals surface area contributed by atoms with Crippen molar-refractivity contribution in [1.29, 1.82) is 0 Å². The lowest BCUT2D eigenvalue weighted by atomic mass is 10.1. The van der Waals surface area contributed by atoms with E-state index in [1.54, 1.807) is 18.2 Å². The summed E-state index contributed by atoms with van der Waals surface area (Å²) in [4.78, 5) is 0. The molecule has 0 aromatic heterocycles. The summed E-state index contributed by atoms with van der Waals surface area (Å²) in [6.45, 7) is 6.15. The van der Waals surface area contributed by atoms with E-state index >= 15 is 0 Å². The summed E-state index contributed by atoms with van der Waals surface area (Å²) in [7, 11) is 0. The lowest BCUT2D eigenvalue weighted by Gasteiger charge is -2.15. The van der Waals surface area contributed by atoms with Crippen molar-refractivity contribution in [2.45, 2.75) is 33.5 Å². The van der Waals surface area contributed by atoms with E-state index in [9.17, 15) is 4.39 Å². The van der Waals surface area contributed by atoms with Gasteiger partial charge in [0.05, 0.1) is 6.61 Å². The molecule has 5 heteroatoms. The first-order chi connectivity index (χ1) is 14.0. The predicted molar refractivity (Wildman–Crippen MR) is 115 cm³/mol. The molecule has 152 valence electrons. The topological polar surface area (TPSA) is 30.5 Å². The molecule has 0 aliphatic rings. The third-order valence-electron chi connectivity index (χ3n) is 4.45. The second-order valence-electron chi connectivity index (χ2n) is 6.83. The number of benzene rings is 3. The van der Waals surface area contributed by atoms with Crippen LogP contribution in [0.15, 0.2) is 60.7 Å². The summed E-state index contributed by atoms with van der Waals surface area (Å²) in [5.74, 6) is 1.06. The summed E-state index contributed by atoms with van der Waals surface area (Å²) in [5, 5.41) is 3.94. The maximum absolute atomic E-state index is 13.0. The Kier molecular flexibility index (Phi) is 7.50. The summed E-state index contributed by atoms with van der Waals surface area (Å²) in [6, 6.07) is 18.3. The predicted octanol–water partition coefficient (Wildman–Crippen LogP) is 6.06. The number of halogens is 2. The Morgan fingerprint density at radius 1 is 0.897 bits per heavy atom. The van der Waals surface area contributed by atoms with Crippen LogP contribution in [0.5, 0.6) is 11.5 Å². The molecule has 3 nitrogen and oxygen atoms in total. The lowest BCUT2D eigenvalue weighted by molar-refractivity contribution is 0.269. The number of rotatable bonds is 9. The van der Waals surface area contributed by atoms with Crippen LogP contribution in [-0.4, -0.2) is 6.61 Å². The van der Waals surface area contributed by atoms with Crippen LogP contribution in [0.25, 0.3) is 0 Å². The van der Waals surface area contributed by atoms with Crippen molar-refractivity contribution in [3.8, 4) is 11.5 Å². The molecule has 0 amide bonds. The molecule has 0 spiro atoms. The van der Waals surface area contributed by atoms with E-state index in [1.807, 2.05) is 25.1 Å². The maximum atomic E-state index is 13.0. The Hall–Kier alpha value is -2.56. The largest absolute Gasteiger partial charge is 0.490 e. The molecule has 0 atom stereocenters. The number of ether oxygens (including phenoxy) is 2. The van der Waals surface area contributed by atoms with Gasteiger partial charge in [0.15, 0.2) is 11.5 Å². The Morgan fingerprint density at radius 3 is 2.38 bits per heavy atom. The fourth-order valence-corrected chi connectivity index (χ4v) is 3.22. The quantitative estimate of drug-likeness (QED) is 0.462. The third kappa shape index (κ3) is 6.21. The Labute approximate surface area is 176 Å². The molecular formula is C24H25ClFNO2. The number of hydrogen-bond donors (Lipinski definition) is 1. The minimum atomic E-state index is -0.237. The van der Waals surface area contributed by atoms with Gasteiger partial charge in [0.1, 0.15) is 12.4 Å². The van der Waals surface area contributed by atoms with Gasteiger partial charge in [-0.15, -0.1) is 0 Å². The van der Waals surface area contributed by atoms with E-state index in [4.69, 9.17) is 21.1 Å². The Balaban J connectivity index is 1.67. The van der Waals surface area contributed by atoms with Crippen molar-refractivity contribution in [1.82, 2.24) is 5.32 Å². The second kappa shape index (κ2) is 10.3. The van der Waals surface area contributed by atoms with Crippen LogP contribution in [0.3, 0.4) is 0 Å². The van der Waals surface area contributed by atoms with Gasteiger partial charge in [-0.3, -0.25) is 0 Å². The zero-order valence-electron chi connectivity index (χ0n) is 16.7. The zero-order chi connectivity index (χ0) is 20.6. The van der Waals surface area contributed by atoms with Crippen molar-refractivity contribution >= 4 is 11.6 Å². The van der Waals surface area contributed by atoms with Gasteiger partial charge in [-0.05, 0) is 48.7 Å². The molecule has 29 heavy (non-hydrogen) atoms. The molecule has 0 unspecified atom stereocenters. The average Bonchev–Trinajstić information content (AvgIpc) is 2.70. The fourth-order valence-electron chi connectivity index (χ4n) is 3.00. The molecule has 0 heterocycles. The van der Waals surface area contributed by atoms with Gasteiger partial charge >= 0.3 is 0 Å². The van der Waals surface area contributed by atoms with E-state index < -0.39 is 0 Å². The van der Waals surface area contributed by atoms with E-state index in [0.717, 1.165) is 16.7 Å². The van der Waals surface area contributed by atoms with Gasteiger partial charge in [0.25, 0.3) is 0 Å². The van der Waals surface area contributed by atoms with Gasteiger partial charge < -0.3 is 14.8 Å². The van der Waals surface area contributed by atoms with Crippen LogP contribution in [0.1, 0.15) is 29.2 Å². The highest BCUT2D eigenvalue weighted by atomic mass is 35.5. The summed E-state index contributed by atoms with van der Waals surface area (Å²) < 4.78 is 24.8. The van der Waals surface area contributed by atoms with Crippen LogP contribution < -0.4 is 14.8 Å². The molecular weight excluding hydrogens is 389 g/mol. The Bertz CT molecular complexity index is 944. The van der Waals surface area contributed by atoms with Crippen molar-refractivity contribution < 1.29 is 13.9 Å². The number of hydrogen-bond acceptors (Lipinski definition) is 3. The van der Waals surface area contributed by atoms with Crippen LogP contribution in [0.4, 0.5) is 4.39 Å². The van der Waals surface area contributed by atoms with Gasteiger partial charge in [0, 0.05) is 24.2 Å². The average molecular weight is 414 g/mol. The van der Waals surface area contributed by atoms with E-state index in [2.05, 4.69) is 24.4 Å². The highest BCUT2D eigenvalue weighted by Gasteiger charge is 2.12. The van der Waals surface area contributed by atoms with E-state index in [1.165, 1.54) is 17.7 Å². The van der Waals surface area contributed by atoms with Gasteiger partial charge in [-0.25, -0.2) is 4.39 Å². The summed E-state index contributed by atoms with van der Waals surface area (Å²) in [5.41, 5.74) is 4.20. The molecule has 0 fully saturated rings. The molecule has 0 bridgehead atoms. The third-order valence-corrected chi connectivity index (χ3v) is 4.80. The molecule has 0 aliphatic heterocycles. The van der Waals surface area contributed by atoms with Crippen LogP contribution >= 0.6 is 11.6 Å². The number of aryl methyl sites for hydroxylation is 1. The van der Waals surface area contributed by atoms with Crippen LogP contribution in [0.2, 0.25) is 5.02 Å². The molecule has 3 rings (SSSR count). The molecule has 1 N–H and O–H groups in total. The van der Waals surface area contributed by atoms with Gasteiger partial charge in [-0.2, -0.15) is 0 Å². The SMILES string of the molecule is CCOc1cc(CNCc2ccc(F)cc2)c(Cl)cc1OCc1cccc(C)c1. The standard InChI is InChI=1S/C24H25ClFNO2/c1-3-28-23-12-20(15-27-14-18-7-9-21(26)10-8-18)22(25)13-24(23)29-16-19-6-4-5-17(2)11-19/h4-13,27H,3,14-16H2,1-2H3. The fraction of sp³-hybridized carbons (Fsp3) is 0.250. The molecule has 3 aromatic carbocycles. The van der Waals surface area contributed by atoms with Crippen molar-refractivity contribution in [3.05, 3.63) is 93.8 Å². The lowest BCUT2D eigenvalue weighted by Crippen LogP contribution is -2.13. The summed E-state index contributed by atoms with van der Waals surface area (Å²) in [6.07, 6.45) is 0. The molecule has 0 radical (unpaired) electrons. The maximum Gasteiger partial charge on any atom is 0.163 e. The highest BCUT2D eigenvalue weighted by molar-refractivity contribution is 6.31. The van der Waals surface area contributed by atoms with E-state index in [0.29, 0.717) is 42.8 Å². The van der Waals surface area contributed by atoms with Crippen LogP contribution in [-0.2, 0) is 19.7 Å². The minimum Gasteiger partial charge on any atom is -0.490 e. The van der Waals surface area contributed by atoms with Crippen molar-refractivity contribution in [2.24, 2.45) is 0 Å². The van der Waals surface area contributed by atoms with Crippen molar-refractivity contribution in [3.63, 3.8) is 0 Å². The zero-order valence-corrected chi connectivity index (χ0v) is 17.4. The van der Waals surface area contributed by atoms with Crippen LogP contribution in [0, 0.1) is 12.7 Å². The first kappa shape index (κ1) is 21.2. The first-order valence-corrected chi connectivity index (χ1v) is 10.0. The smallest absolute Gasteiger partial charge is 0.163 e. The monoisotopic (exact) mass is 413 g/mol. The molecule has 0 aliphatic carbocycles. The Morgan fingerprint density at radius 2 is 1.66 bits per heavy atom. The normalized spacial score (nSPS) is 10.8. The highest BCUT2D eigenvalue weighted by Crippen LogP contribution is 2.34. The summed E-state index contributed by atoms with van der Waals surface area (Å²) >= 11 is 6.49. The van der Waals surface area contributed by atoms with Gasteiger partial charge in [0.2, 0.25) is 0 Å². The van der Waals surface area contributed by atoms with E-state index in [-0.39, 0.29) is 5.82 Å².